The van der Waals surface area contributed by atoms with Gasteiger partial charge in [0.15, 0.2) is 11.1 Å². The van der Waals surface area contributed by atoms with Gasteiger partial charge in [-0.05, 0) is 18.2 Å². The van der Waals surface area contributed by atoms with Crippen LogP contribution in [0.15, 0.2) is 42.9 Å². The molecule has 0 amide bonds. The van der Waals surface area contributed by atoms with Gasteiger partial charge in [0.1, 0.15) is 11.3 Å². The first kappa shape index (κ1) is 17.5. The van der Waals surface area contributed by atoms with Crippen LogP contribution in [-0.2, 0) is 6.54 Å². The maximum absolute atomic E-state index is 8.08. The summed E-state index contributed by atoms with van der Waals surface area (Å²) in [5.41, 5.74) is 2.74. The van der Waals surface area contributed by atoms with Gasteiger partial charge in [-0.3, -0.25) is 5.41 Å². The third-order valence-corrected chi connectivity index (χ3v) is 4.84. The van der Waals surface area contributed by atoms with Crippen LogP contribution in [0.5, 0.6) is 5.88 Å². The molecular weight excluding hydrogens is 387 g/mol. The molecule has 0 aliphatic heterocycles. The van der Waals surface area contributed by atoms with Crippen LogP contribution in [0.1, 0.15) is 5.56 Å². The third kappa shape index (κ3) is 3.27. The van der Waals surface area contributed by atoms with Gasteiger partial charge in [-0.25, -0.2) is 15.0 Å². The average molecular weight is 401 g/mol. The molecule has 0 spiro atoms. The van der Waals surface area contributed by atoms with Crippen molar-refractivity contribution in [2.75, 3.05) is 7.11 Å². The van der Waals surface area contributed by atoms with E-state index in [0.717, 1.165) is 11.1 Å². The van der Waals surface area contributed by atoms with Crippen LogP contribution in [0.3, 0.4) is 0 Å². The zero-order valence-electron chi connectivity index (χ0n) is 14.2. The van der Waals surface area contributed by atoms with E-state index in [4.69, 9.17) is 33.3 Å². The topological polar surface area (TPSA) is 92.5 Å². The Balaban J connectivity index is 1.82. The molecule has 0 aliphatic rings. The number of nitrogens with one attached hydrogen (secondary N) is 2. The van der Waals surface area contributed by atoms with Gasteiger partial charge in [0.05, 0.1) is 20.0 Å². The SMILES string of the molecule is COc1ccc(-c2nc3c([nH]2)c(=N)ncn3Cc2c(Cl)cccc2Cl)cn1. The summed E-state index contributed by atoms with van der Waals surface area (Å²) in [6.45, 7) is 0.382. The van der Waals surface area contributed by atoms with E-state index in [0.29, 0.717) is 39.5 Å². The first-order valence-electron chi connectivity index (χ1n) is 8.00. The molecule has 27 heavy (non-hydrogen) atoms. The van der Waals surface area contributed by atoms with Gasteiger partial charge in [0.2, 0.25) is 5.88 Å². The number of nitrogens with zero attached hydrogens (tertiary/aromatic N) is 4. The van der Waals surface area contributed by atoms with E-state index in [-0.39, 0.29) is 5.49 Å². The molecular formula is C18H14Cl2N6O. The van der Waals surface area contributed by atoms with Crippen LogP contribution >= 0.6 is 23.2 Å². The number of ether oxygens (including phenoxy) is 1. The van der Waals surface area contributed by atoms with Crippen LogP contribution in [0.4, 0.5) is 0 Å². The molecule has 0 fully saturated rings. The maximum atomic E-state index is 8.08. The van der Waals surface area contributed by atoms with Crippen LogP contribution in [0, 0.1) is 5.41 Å². The fourth-order valence-electron chi connectivity index (χ4n) is 2.73. The second-order valence-corrected chi connectivity index (χ2v) is 6.61. The molecule has 0 unspecified atom stereocenters. The molecule has 2 N–H and O–H groups in total. The number of aromatic amines is 1. The highest BCUT2D eigenvalue weighted by Gasteiger charge is 2.13. The number of imidazole rings is 1. The van der Waals surface area contributed by atoms with E-state index in [1.54, 1.807) is 48.5 Å². The van der Waals surface area contributed by atoms with Crippen LogP contribution in [0.2, 0.25) is 10.0 Å². The highest BCUT2D eigenvalue weighted by molar-refractivity contribution is 6.36. The van der Waals surface area contributed by atoms with E-state index in [1.165, 1.54) is 0 Å². The Morgan fingerprint density at radius 3 is 2.59 bits per heavy atom. The molecule has 0 saturated heterocycles. The van der Waals surface area contributed by atoms with E-state index < -0.39 is 0 Å². The van der Waals surface area contributed by atoms with Gasteiger partial charge < -0.3 is 14.3 Å². The van der Waals surface area contributed by atoms with Crippen molar-refractivity contribution in [3.05, 3.63) is 64.0 Å². The number of methoxy groups -OCH3 is 1. The third-order valence-electron chi connectivity index (χ3n) is 4.13. The molecule has 0 radical (unpaired) electrons. The molecule has 0 saturated carbocycles. The predicted octanol–water partition coefficient (Wildman–Crippen LogP) is 3.66. The summed E-state index contributed by atoms with van der Waals surface area (Å²) < 4.78 is 6.88. The minimum atomic E-state index is 0.103. The Morgan fingerprint density at radius 2 is 1.93 bits per heavy atom. The molecule has 0 bridgehead atoms. The normalized spacial score (nSPS) is 11.1. The Labute approximate surface area is 164 Å². The summed E-state index contributed by atoms with van der Waals surface area (Å²) in [6, 6.07) is 8.95. The first-order chi connectivity index (χ1) is 13.1. The van der Waals surface area contributed by atoms with Gasteiger partial charge in [-0.15, -0.1) is 0 Å². The average Bonchev–Trinajstić information content (AvgIpc) is 3.13. The summed E-state index contributed by atoms with van der Waals surface area (Å²) in [4.78, 5) is 16.1. The monoisotopic (exact) mass is 400 g/mol. The molecule has 3 aromatic heterocycles. The Bertz CT molecular complexity index is 1160. The number of halogens is 2. The number of hydrogen-bond donors (Lipinski definition) is 2. The van der Waals surface area contributed by atoms with Crippen LogP contribution in [-0.4, -0.2) is 31.6 Å². The molecule has 7 nitrogen and oxygen atoms in total. The summed E-state index contributed by atoms with van der Waals surface area (Å²) >= 11 is 12.6. The quantitative estimate of drug-likeness (QED) is 0.546. The van der Waals surface area contributed by atoms with Crippen LogP contribution in [0.25, 0.3) is 22.6 Å². The van der Waals surface area contributed by atoms with E-state index in [1.807, 2.05) is 6.07 Å². The smallest absolute Gasteiger partial charge is 0.212 e. The maximum Gasteiger partial charge on any atom is 0.212 e. The Morgan fingerprint density at radius 1 is 1.15 bits per heavy atom. The number of fused-ring (bicyclic) bond motifs is 1. The van der Waals surface area contributed by atoms with Gasteiger partial charge in [0, 0.05) is 33.4 Å². The van der Waals surface area contributed by atoms with Crippen molar-refractivity contribution in [2.24, 2.45) is 0 Å². The lowest BCUT2D eigenvalue weighted by Crippen LogP contribution is -2.13. The molecule has 136 valence electrons. The van der Waals surface area contributed by atoms with E-state index in [2.05, 4.69) is 19.9 Å². The molecule has 9 heteroatoms. The second-order valence-electron chi connectivity index (χ2n) is 5.79. The van der Waals surface area contributed by atoms with Gasteiger partial charge >= 0.3 is 0 Å². The molecule has 4 rings (SSSR count). The number of pyridine rings is 1. The van der Waals surface area contributed by atoms with Gasteiger partial charge in [-0.1, -0.05) is 29.3 Å². The number of benzene rings is 1. The zero-order valence-corrected chi connectivity index (χ0v) is 15.7. The predicted molar refractivity (Wildman–Crippen MR) is 103 cm³/mol. The van der Waals surface area contributed by atoms with Crippen molar-refractivity contribution in [1.29, 1.82) is 5.41 Å². The fraction of sp³-hybridized carbons (Fsp3) is 0.111. The van der Waals surface area contributed by atoms with Crippen molar-refractivity contribution >= 4 is 34.4 Å². The van der Waals surface area contributed by atoms with Crippen molar-refractivity contribution in [3.63, 3.8) is 0 Å². The first-order valence-corrected chi connectivity index (χ1v) is 8.75. The number of H-pyrrole nitrogens is 1. The number of aromatic nitrogens is 5. The zero-order chi connectivity index (χ0) is 19.0. The highest BCUT2D eigenvalue weighted by Crippen LogP contribution is 2.26. The standard InChI is InChI=1S/C18H14Cl2N6O/c1-27-14-6-5-10(7-22-14)17-24-15-16(21)23-9-26(18(15)25-17)8-11-12(19)3-2-4-13(11)20/h2-7,9,21H,8H2,1H3,(H,24,25). The minimum absolute atomic E-state index is 0.103. The Kier molecular flexibility index (Phi) is 4.55. The molecule has 0 atom stereocenters. The lowest BCUT2D eigenvalue weighted by molar-refractivity contribution is 0.398. The minimum Gasteiger partial charge on any atom is -0.481 e. The highest BCUT2D eigenvalue weighted by atomic mass is 35.5. The van der Waals surface area contributed by atoms with Crippen molar-refractivity contribution in [2.45, 2.75) is 6.54 Å². The molecule has 3 heterocycles. The summed E-state index contributed by atoms with van der Waals surface area (Å²) in [6.07, 6.45) is 3.21. The summed E-state index contributed by atoms with van der Waals surface area (Å²) in [7, 11) is 1.56. The molecule has 0 aliphatic carbocycles. The molecule has 1 aromatic carbocycles. The fourth-order valence-corrected chi connectivity index (χ4v) is 3.25. The number of hydrogen-bond acceptors (Lipinski definition) is 5. The lowest BCUT2D eigenvalue weighted by Gasteiger charge is -2.10. The van der Waals surface area contributed by atoms with Crippen LogP contribution < -0.4 is 10.2 Å². The largest absolute Gasteiger partial charge is 0.481 e. The van der Waals surface area contributed by atoms with Gasteiger partial charge in [0.25, 0.3) is 0 Å². The van der Waals surface area contributed by atoms with E-state index >= 15 is 0 Å². The van der Waals surface area contributed by atoms with Crippen molar-refractivity contribution < 1.29 is 4.74 Å². The van der Waals surface area contributed by atoms with E-state index in [9.17, 15) is 0 Å². The van der Waals surface area contributed by atoms with Gasteiger partial charge in [-0.2, -0.15) is 0 Å². The second kappa shape index (κ2) is 7.02. The Hall–Kier alpha value is -2.90. The summed E-state index contributed by atoms with van der Waals surface area (Å²) in [5.74, 6) is 1.10. The van der Waals surface area contributed by atoms with Crippen molar-refractivity contribution in [1.82, 2.24) is 24.5 Å². The number of rotatable bonds is 4. The lowest BCUT2D eigenvalue weighted by atomic mass is 10.2. The summed E-state index contributed by atoms with van der Waals surface area (Å²) in [5, 5.41) is 9.21. The van der Waals surface area contributed by atoms with Crippen molar-refractivity contribution in [3.8, 4) is 17.3 Å². The molecule has 4 aromatic rings.